The van der Waals surface area contributed by atoms with Gasteiger partial charge in [0, 0.05) is 16.3 Å². The van der Waals surface area contributed by atoms with Crippen LogP contribution >= 0.6 is 11.3 Å². The number of piperidine rings is 1. The maximum atomic E-state index is 3.57. The molecule has 0 amide bonds. The Morgan fingerprint density at radius 1 is 1.41 bits per heavy atom. The second-order valence-corrected chi connectivity index (χ2v) is 6.15. The van der Waals surface area contributed by atoms with Crippen molar-refractivity contribution in [1.82, 2.24) is 10.6 Å². The Hall–Kier alpha value is -0.380. The van der Waals surface area contributed by atoms with Gasteiger partial charge in [-0.3, -0.25) is 0 Å². The second kappa shape index (κ2) is 7.14. The summed E-state index contributed by atoms with van der Waals surface area (Å²) in [6, 6.07) is 4.52. The first-order chi connectivity index (χ1) is 8.38. The molecule has 0 saturated carbocycles. The Bertz CT molecular complexity index is 316. The number of aryl methyl sites for hydroxylation is 1. The summed E-state index contributed by atoms with van der Waals surface area (Å²) in [5.41, 5.74) is 0. The van der Waals surface area contributed by atoms with E-state index in [1.807, 2.05) is 11.3 Å². The molecule has 0 aromatic carbocycles. The molecule has 0 bridgehead atoms. The molecule has 3 heteroatoms. The van der Waals surface area contributed by atoms with E-state index in [9.17, 15) is 0 Å². The summed E-state index contributed by atoms with van der Waals surface area (Å²) in [6.45, 7) is 6.87. The first-order valence-corrected chi connectivity index (χ1v) is 7.69. The second-order valence-electron chi connectivity index (χ2n) is 4.90. The maximum absolute atomic E-state index is 3.57. The van der Waals surface area contributed by atoms with Crippen LogP contribution in [0.5, 0.6) is 0 Å². The molecule has 1 atom stereocenters. The van der Waals surface area contributed by atoms with Gasteiger partial charge < -0.3 is 10.6 Å². The van der Waals surface area contributed by atoms with Gasteiger partial charge in [0.2, 0.25) is 0 Å². The highest BCUT2D eigenvalue weighted by atomic mass is 32.1. The Morgan fingerprint density at radius 3 is 3.00 bits per heavy atom. The van der Waals surface area contributed by atoms with E-state index < -0.39 is 0 Å². The number of hydrogen-bond donors (Lipinski definition) is 2. The first kappa shape index (κ1) is 13.1. The molecule has 1 aromatic heterocycles. The quantitative estimate of drug-likeness (QED) is 0.761. The average Bonchev–Trinajstić information content (AvgIpc) is 2.84. The van der Waals surface area contributed by atoms with Crippen molar-refractivity contribution in [3.63, 3.8) is 0 Å². The molecule has 0 spiro atoms. The lowest BCUT2D eigenvalue weighted by atomic mass is 9.96. The van der Waals surface area contributed by atoms with Crippen molar-refractivity contribution in [1.29, 1.82) is 0 Å². The molecule has 1 aliphatic heterocycles. The van der Waals surface area contributed by atoms with Gasteiger partial charge in [0.25, 0.3) is 0 Å². The van der Waals surface area contributed by atoms with Gasteiger partial charge in [0.15, 0.2) is 0 Å². The van der Waals surface area contributed by atoms with Crippen LogP contribution in [0.4, 0.5) is 0 Å². The third-order valence-electron chi connectivity index (χ3n) is 3.49. The monoisotopic (exact) mass is 252 g/mol. The average molecular weight is 252 g/mol. The molecule has 1 fully saturated rings. The van der Waals surface area contributed by atoms with Gasteiger partial charge in [-0.25, -0.2) is 0 Å². The predicted molar refractivity (Wildman–Crippen MR) is 75.6 cm³/mol. The van der Waals surface area contributed by atoms with Crippen molar-refractivity contribution < 1.29 is 0 Å². The summed E-state index contributed by atoms with van der Waals surface area (Å²) in [4.78, 5) is 2.97. The Morgan fingerprint density at radius 2 is 2.29 bits per heavy atom. The predicted octanol–water partition coefficient (Wildman–Crippen LogP) is 2.79. The van der Waals surface area contributed by atoms with E-state index in [-0.39, 0.29) is 0 Å². The lowest BCUT2D eigenvalue weighted by molar-refractivity contribution is 0.352. The van der Waals surface area contributed by atoms with Gasteiger partial charge in [-0.15, -0.1) is 11.3 Å². The van der Waals surface area contributed by atoms with Crippen molar-refractivity contribution in [2.45, 2.75) is 39.2 Å². The molecule has 1 aliphatic rings. The largest absolute Gasteiger partial charge is 0.316 e. The molecule has 2 heterocycles. The molecule has 96 valence electrons. The number of hydrogen-bond acceptors (Lipinski definition) is 3. The van der Waals surface area contributed by atoms with E-state index >= 15 is 0 Å². The van der Waals surface area contributed by atoms with Gasteiger partial charge >= 0.3 is 0 Å². The summed E-state index contributed by atoms with van der Waals surface area (Å²) in [5, 5.41) is 7.05. The zero-order valence-corrected chi connectivity index (χ0v) is 11.6. The van der Waals surface area contributed by atoms with Crippen LogP contribution in [0.15, 0.2) is 12.1 Å². The lowest BCUT2D eigenvalue weighted by Crippen LogP contribution is -2.31. The smallest absolute Gasteiger partial charge is 0.0299 e. The van der Waals surface area contributed by atoms with E-state index in [1.54, 1.807) is 0 Å². The van der Waals surface area contributed by atoms with E-state index in [0.29, 0.717) is 0 Å². The Labute approximate surface area is 109 Å². The van der Waals surface area contributed by atoms with E-state index in [1.165, 1.54) is 48.5 Å². The van der Waals surface area contributed by atoms with E-state index in [4.69, 9.17) is 0 Å². The molecule has 2 nitrogen and oxygen atoms in total. The van der Waals surface area contributed by atoms with Crippen molar-refractivity contribution in [3.05, 3.63) is 21.9 Å². The van der Waals surface area contributed by atoms with Crippen LogP contribution in [-0.2, 0) is 13.0 Å². The summed E-state index contributed by atoms with van der Waals surface area (Å²) >= 11 is 1.94. The Balaban J connectivity index is 1.59. The highest BCUT2D eigenvalue weighted by molar-refractivity contribution is 7.11. The zero-order valence-electron chi connectivity index (χ0n) is 10.8. The van der Waals surface area contributed by atoms with Gasteiger partial charge in [0.1, 0.15) is 0 Å². The first-order valence-electron chi connectivity index (χ1n) is 6.87. The van der Waals surface area contributed by atoms with Crippen LogP contribution in [-0.4, -0.2) is 19.6 Å². The van der Waals surface area contributed by atoms with Crippen LogP contribution in [0.3, 0.4) is 0 Å². The molecule has 0 aliphatic carbocycles. The van der Waals surface area contributed by atoms with Crippen LogP contribution in [0, 0.1) is 5.92 Å². The molecule has 2 N–H and O–H groups in total. The normalized spacial score (nSPS) is 20.6. The third-order valence-corrected chi connectivity index (χ3v) is 4.72. The highest BCUT2D eigenvalue weighted by Crippen LogP contribution is 2.17. The fourth-order valence-corrected chi connectivity index (χ4v) is 3.32. The number of nitrogens with one attached hydrogen (secondary N) is 2. The fourth-order valence-electron chi connectivity index (χ4n) is 2.40. The maximum Gasteiger partial charge on any atom is 0.0299 e. The molecular formula is C14H24N2S. The minimum Gasteiger partial charge on any atom is -0.316 e. The Kier molecular flexibility index (Phi) is 5.49. The van der Waals surface area contributed by atoms with Crippen LogP contribution in [0.1, 0.15) is 35.9 Å². The SMILES string of the molecule is CCc1ccc(CNCCC2CCCNC2)s1. The molecule has 2 rings (SSSR count). The fraction of sp³-hybridized carbons (Fsp3) is 0.714. The minimum atomic E-state index is 0.894. The van der Waals surface area contributed by atoms with Gasteiger partial charge in [-0.2, -0.15) is 0 Å². The summed E-state index contributed by atoms with van der Waals surface area (Å²) < 4.78 is 0. The van der Waals surface area contributed by atoms with Gasteiger partial charge in [0.05, 0.1) is 0 Å². The highest BCUT2D eigenvalue weighted by Gasteiger charge is 2.11. The molecule has 1 aromatic rings. The molecule has 17 heavy (non-hydrogen) atoms. The minimum absolute atomic E-state index is 0.894. The molecule has 1 unspecified atom stereocenters. The molecule has 0 radical (unpaired) electrons. The van der Waals surface area contributed by atoms with Crippen molar-refractivity contribution in [3.8, 4) is 0 Å². The van der Waals surface area contributed by atoms with Crippen molar-refractivity contribution >= 4 is 11.3 Å². The van der Waals surface area contributed by atoms with E-state index in [0.717, 1.165) is 19.0 Å². The van der Waals surface area contributed by atoms with Crippen molar-refractivity contribution in [2.75, 3.05) is 19.6 Å². The van der Waals surface area contributed by atoms with Crippen molar-refractivity contribution in [2.24, 2.45) is 5.92 Å². The number of rotatable bonds is 6. The van der Waals surface area contributed by atoms with Crippen LogP contribution < -0.4 is 10.6 Å². The van der Waals surface area contributed by atoms with Crippen LogP contribution in [0.25, 0.3) is 0 Å². The lowest BCUT2D eigenvalue weighted by Gasteiger charge is -2.22. The number of thiophene rings is 1. The van der Waals surface area contributed by atoms with E-state index in [2.05, 4.69) is 29.7 Å². The zero-order chi connectivity index (χ0) is 11.9. The van der Waals surface area contributed by atoms with Crippen LogP contribution in [0.2, 0.25) is 0 Å². The standard InChI is InChI=1S/C14H24N2S/c1-2-13-5-6-14(17-13)11-16-9-7-12-4-3-8-15-10-12/h5-6,12,15-16H,2-4,7-11H2,1H3. The molecular weight excluding hydrogens is 228 g/mol. The summed E-state index contributed by atoms with van der Waals surface area (Å²) in [7, 11) is 0. The van der Waals surface area contributed by atoms with Gasteiger partial charge in [-0.1, -0.05) is 6.92 Å². The summed E-state index contributed by atoms with van der Waals surface area (Å²) in [5.74, 6) is 0.894. The van der Waals surface area contributed by atoms with Gasteiger partial charge in [-0.05, 0) is 63.4 Å². The summed E-state index contributed by atoms with van der Waals surface area (Å²) in [6.07, 6.45) is 5.25. The molecule has 1 saturated heterocycles. The topological polar surface area (TPSA) is 24.1 Å². The third kappa shape index (κ3) is 4.41.